The van der Waals surface area contributed by atoms with Crippen LogP contribution in [0.3, 0.4) is 0 Å². The standard InChI is InChI=1S/C15H15BN2O2/c1-2-14-17-13-9-5-7-11(15(13)18-14)10-6-3-4-8-12(10)16(19)20/h3-9,19-20H,2H2,1H3,(H,17,18). The van der Waals surface area contributed by atoms with Crippen LogP contribution in [-0.2, 0) is 6.42 Å². The molecule has 0 atom stereocenters. The van der Waals surface area contributed by atoms with Crippen molar-refractivity contribution in [3.05, 3.63) is 48.3 Å². The quantitative estimate of drug-likeness (QED) is 0.629. The minimum absolute atomic E-state index is 0.487. The molecule has 0 radical (unpaired) electrons. The Morgan fingerprint density at radius 1 is 1.05 bits per heavy atom. The number of rotatable bonds is 3. The van der Waals surface area contributed by atoms with E-state index in [1.54, 1.807) is 12.1 Å². The third kappa shape index (κ3) is 2.11. The Morgan fingerprint density at radius 2 is 1.80 bits per heavy atom. The van der Waals surface area contributed by atoms with E-state index in [0.29, 0.717) is 5.46 Å². The Kier molecular flexibility index (Phi) is 3.30. The summed E-state index contributed by atoms with van der Waals surface area (Å²) in [5, 5.41) is 19.0. The molecule has 0 unspecified atom stereocenters. The fourth-order valence-corrected chi connectivity index (χ4v) is 2.44. The number of para-hydroxylation sites is 1. The second-order valence-electron chi connectivity index (χ2n) is 4.70. The number of fused-ring (bicyclic) bond motifs is 1. The molecule has 0 bridgehead atoms. The highest BCUT2D eigenvalue weighted by atomic mass is 16.4. The van der Waals surface area contributed by atoms with Crippen molar-refractivity contribution >= 4 is 23.6 Å². The van der Waals surface area contributed by atoms with Crippen molar-refractivity contribution in [2.75, 3.05) is 0 Å². The van der Waals surface area contributed by atoms with Crippen molar-refractivity contribution in [1.82, 2.24) is 9.97 Å². The first-order chi connectivity index (χ1) is 9.70. The summed E-state index contributed by atoms with van der Waals surface area (Å²) >= 11 is 0. The summed E-state index contributed by atoms with van der Waals surface area (Å²) in [6.45, 7) is 2.04. The average Bonchev–Trinajstić information content (AvgIpc) is 2.90. The topological polar surface area (TPSA) is 69.1 Å². The molecule has 0 amide bonds. The third-order valence-electron chi connectivity index (χ3n) is 3.43. The van der Waals surface area contributed by atoms with Crippen molar-refractivity contribution in [3.63, 3.8) is 0 Å². The van der Waals surface area contributed by atoms with E-state index < -0.39 is 7.12 Å². The fourth-order valence-electron chi connectivity index (χ4n) is 2.44. The van der Waals surface area contributed by atoms with Crippen molar-refractivity contribution in [1.29, 1.82) is 0 Å². The zero-order valence-corrected chi connectivity index (χ0v) is 11.2. The predicted molar refractivity (Wildman–Crippen MR) is 80.7 cm³/mol. The molecule has 0 saturated heterocycles. The molecule has 3 N–H and O–H groups in total. The maximum Gasteiger partial charge on any atom is 0.489 e. The summed E-state index contributed by atoms with van der Waals surface area (Å²) in [5.41, 5.74) is 4.00. The van der Waals surface area contributed by atoms with Gasteiger partial charge >= 0.3 is 7.12 Å². The Bertz CT molecular complexity index is 752. The molecule has 0 spiro atoms. The summed E-state index contributed by atoms with van der Waals surface area (Å²) in [5.74, 6) is 0.925. The molecule has 0 aliphatic carbocycles. The van der Waals surface area contributed by atoms with Gasteiger partial charge in [0.05, 0.1) is 11.0 Å². The summed E-state index contributed by atoms with van der Waals surface area (Å²) in [4.78, 5) is 7.86. The first kappa shape index (κ1) is 12.9. The lowest BCUT2D eigenvalue weighted by Crippen LogP contribution is -2.31. The van der Waals surface area contributed by atoms with Gasteiger partial charge in [-0.25, -0.2) is 4.98 Å². The molecular weight excluding hydrogens is 251 g/mol. The number of benzene rings is 2. The van der Waals surface area contributed by atoms with Crippen LogP contribution in [-0.4, -0.2) is 27.1 Å². The lowest BCUT2D eigenvalue weighted by atomic mass is 9.75. The number of nitrogens with one attached hydrogen (secondary N) is 1. The van der Waals surface area contributed by atoms with Crippen LogP contribution >= 0.6 is 0 Å². The molecule has 3 aromatic rings. The molecule has 1 aromatic heterocycles. The van der Waals surface area contributed by atoms with Gasteiger partial charge in [-0.2, -0.15) is 0 Å². The molecule has 100 valence electrons. The van der Waals surface area contributed by atoms with E-state index >= 15 is 0 Å². The van der Waals surface area contributed by atoms with Crippen LogP contribution < -0.4 is 5.46 Å². The van der Waals surface area contributed by atoms with Gasteiger partial charge in [0, 0.05) is 12.0 Å². The van der Waals surface area contributed by atoms with Crippen molar-refractivity contribution in [3.8, 4) is 11.1 Å². The first-order valence-corrected chi connectivity index (χ1v) is 6.63. The summed E-state index contributed by atoms with van der Waals surface area (Å²) < 4.78 is 0. The van der Waals surface area contributed by atoms with Gasteiger partial charge in [0.1, 0.15) is 5.82 Å². The molecule has 3 rings (SSSR count). The Morgan fingerprint density at radius 3 is 2.55 bits per heavy atom. The van der Waals surface area contributed by atoms with E-state index in [-0.39, 0.29) is 0 Å². The highest BCUT2D eigenvalue weighted by Crippen LogP contribution is 2.26. The third-order valence-corrected chi connectivity index (χ3v) is 3.43. The Labute approximate surface area is 117 Å². The monoisotopic (exact) mass is 266 g/mol. The first-order valence-electron chi connectivity index (χ1n) is 6.63. The summed E-state index contributed by atoms with van der Waals surface area (Å²) in [6.07, 6.45) is 0.832. The van der Waals surface area contributed by atoms with E-state index in [2.05, 4.69) is 9.97 Å². The molecule has 20 heavy (non-hydrogen) atoms. The van der Waals surface area contributed by atoms with Gasteiger partial charge in [-0.15, -0.1) is 0 Å². The van der Waals surface area contributed by atoms with E-state index in [1.165, 1.54) is 0 Å². The summed E-state index contributed by atoms with van der Waals surface area (Å²) in [7, 11) is -1.49. The van der Waals surface area contributed by atoms with Crippen LogP contribution in [0.15, 0.2) is 42.5 Å². The molecule has 0 aliphatic rings. The number of hydrogen-bond acceptors (Lipinski definition) is 3. The predicted octanol–water partition coefficient (Wildman–Crippen LogP) is 1.47. The zero-order chi connectivity index (χ0) is 14.1. The van der Waals surface area contributed by atoms with Crippen LogP contribution in [0, 0.1) is 0 Å². The van der Waals surface area contributed by atoms with E-state index in [0.717, 1.165) is 34.4 Å². The van der Waals surface area contributed by atoms with Crippen LogP contribution in [0.5, 0.6) is 0 Å². The van der Waals surface area contributed by atoms with E-state index in [1.807, 2.05) is 37.3 Å². The highest BCUT2D eigenvalue weighted by Gasteiger charge is 2.18. The largest absolute Gasteiger partial charge is 0.489 e. The maximum absolute atomic E-state index is 9.52. The van der Waals surface area contributed by atoms with Gasteiger partial charge in [-0.1, -0.05) is 43.3 Å². The number of aromatic nitrogens is 2. The molecule has 0 fully saturated rings. The van der Waals surface area contributed by atoms with Crippen LogP contribution in [0.2, 0.25) is 0 Å². The normalized spacial score (nSPS) is 10.9. The Balaban J connectivity index is 2.27. The van der Waals surface area contributed by atoms with Gasteiger partial charge in [-0.05, 0) is 17.1 Å². The molecule has 0 saturated carbocycles. The molecule has 1 heterocycles. The number of aryl methyl sites for hydroxylation is 1. The second-order valence-corrected chi connectivity index (χ2v) is 4.70. The molecule has 0 aliphatic heterocycles. The SMILES string of the molecule is CCc1nc2c(-c3ccccc3B(O)O)cccc2[nH]1. The van der Waals surface area contributed by atoms with Crippen LogP contribution in [0.1, 0.15) is 12.7 Å². The molecule has 2 aromatic carbocycles. The zero-order valence-electron chi connectivity index (χ0n) is 11.2. The van der Waals surface area contributed by atoms with Crippen LogP contribution in [0.4, 0.5) is 0 Å². The van der Waals surface area contributed by atoms with Crippen LogP contribution in [0.25, 0.3) is 22.2 Å². The highest BCUT2D eigenvalue weighted by molar-refractivity contribution is 6.60. The smallest absolute Gasteiger partial charge is 0.423 e. The van der Waals surface area contributed by atoms with Gasteiger partial charge < -0.3 is 15.0 Å². The number of H-pyrrole nitrogens is 1. The van der Waals surface area contributed by atoms with Crippen molar-refractivity contribution < 1.29 is 10.0 Å². The van der Waals surface area contributed by atoms with E-state index in [4.69, 9.17) is 0 Å². The average molecular weight is 266 g/mol. The number of aromatic amines is 1. The van der Waals surface area contributed by atoms with E-state index in [9.17, 15) is 10.0 Å². The molecular formula is C15H15BN2O2. The lowest BCUT2D eigenvalue weighted by Gasteiger charge is -2.09. The lowest BCUT2D eigenvalue weighted by molar-refractivity contribution is 0.426. The molecule has 5 heteroatoms. The number of nitrogens with zero attached hydrogens (tertiary/aromatic N) is 1. The fraction of sp³-hybridized carbons (Fsp3) is 0.133. The van der Waals surface area contributed by atoms with Gasteiger partial charge in [-0.3, -0.25) is 0 Å². The maximum atomic E-state index is 9.52. The van der Waals surface area contributed by atoms with Crippen molar-refractivity contribution in [2.24, 2.45) is 0 Å². The Hall–Kier alpha value is -2.11. The van der Waals surface area contributed by atoms with Gasteiger partial charge in [0.2, 0.25) is 0 Å². The summed E-state index contributed by atoms with van der Waals surface area (Å²) in [6, 6.07) is 13.1. The second kappa shape index (κ2) is 5.11. The number of hydrogen-bond donors (Lipinski definition) is 3. The van der Waals surface area contributed by atoms with Crippen molar-refractivity contribution in [2.45, 2.75) is 13.3 Å². The molecule has 4 nitrogen and oxygen atoms in total. The van der Waals surface area contributed by atoms with Gasteiger partial charge in [0.25, 0.3) is 0 Å². The number of imidazole rings is 1. The minimum atomic E-state index is -1.49. The minimum Gasteiger partial charge on any atom is -0.423 e. The van der Waals surface area contributed by atoms with Gasteiger partial charge in [0.15, 0.2) is 0 Å².